The van der Waals surface area contributed by atoms with E-state index in [1.165, 1.54) is 30.6 Å². The highest BCUT2D eigenvalue weighted by Gasteiger charge is 2.49. The molecular formula is C27H33FN2O4S. The molecule has 1 saturated heterocycles. The van der Waals surface area contributed by atoms with Crippen LogP contribution in [0.25, 0.3) is 0 Å². The highest BCUT2D eigenvalue weighted by Crippen LogP contribution is 2.49. The summed E-state index contributed by atoms with van der Waals surface area (Å²) >= 11 is 1.48. The van der Waals surface area contributed by atoms with Crippen molar-refractivity contribution in [1.29, 1.82) is 0 Å². The van der Waals surface area contributed by atoms with Crippen molar-refractivity contribution < 1.29 is 23.8 Å². The third-order valence-electron chi connectivity index (χ3n) is 8.04. The SMILES string of the molecule is COC(=O)c1c(NC(=O)CN2CC[C@@]3(O)CCCC[C@H]3[C@@H]2c2ccc(F)cc2)sc2c1CCCC2. The highest BCUT2D eigenvalue weighted by atomic mass is 32.1. The van der Waals surface area contributed by atoms with Gasteiger partial charge in [0.05, 0.1) is 24.8 Å². The summed E-state index contributed by atoms with van der Waals surface area (Å²) in [7, 11) is 1.37. The monoisotopic (exact) mass is 500 g/mol. The van der Waals surface area contributed by atoms with Gasteiger partial charge in [0.15, 0.2) is 0 Å². The lowest BCUT2D eigenvalue weighted by atomic mass is 9.66. The maximum atomic E-state index is 13.7. The third-order valence-corrected chi connectivity index (χ3v) is 9.25. The first kappa shape index (κ1) is 24.4. The Labute approximate surface area is 209 Å². The summed E-state index contributed by atoms with van der Waals surface area (Å²) in [4.78, 5) is 29.1. The van der Waals surface area contributed by atoms with E-state index in [4.69, 9.17) is 4.74 Å². The Hall–Kier alpha value is -2.29. The molecule has 1 aromatic heterocycles. The Morgan fingerprint density at radius 2 is 1.94 bits per heavy atom. The highest BCUT2D eigenvalue weighted by molar-refractivity contribution is 7.17. The van der Waals surface area contributed by atoms with Gasteiger partial charge in [-0.3, -0.25) is 9.69 Å². The standard InChI is InChI=1S/C27H33FN2O4S/c1-34-26(32)23-19-6-2-3-8-21(19)35-25(23)29-22(31)16-30-15-14-27(33)13-5-4-7-20(27)24(30)17-9-11-18(28)12-10-17/h9-12,20,24,33H,2-8,13-16H2,1H3,(H,29,31)/t20-,24-,27-/m0/s1. The van der Waals surface area contributed by atoms with E-state index in [1.54, 1.807) is 12.1 Å². The summed E-state index contributed by atoms with van der Waals surface area (Å²) in [6, 6.07) is 6.27. The number of halogens is 1. The second-order valence-corrected chi connectivity index (χ2v) is 11.2. The van der Waals surface area contributed by atoms with Crippen molar-refractivity contribution in [3.63, 3.8) is 0 Å². The smallest absolute Gasteiger partial charge is 0.341 e. The predicted molar refractivity (Wildman–Crippen MR) is 133 cm³/mol. The third kappa shape index (κ3) is 4.76. The lowest BCUT2D eigenvalue weighted by Gasteiger charge is -2.52. The lowest BCUT2D eigenvalue weighted by molar-refractivity contribution is -0.135. The molecule has 0 radical (unpaired) electrons. The Bertz CT molecular complexity index is 1100. The number of anilines is 1. The number of hydrogen-bond acceptors (Lipinski definition) is 6. The van der Waals surface area contributed by atoms with Gasteiger partial charge < -0.3 is 15.2 Å². The number of aryl methyl sites for hydroxylation is 1. The molecule has 2 heterocycles. The molecule has 8 heteroatoms. The average Bonchev–Trinajstić information content (AvgIpc) is 3.22. The average molecular weight is 501 g/mol. The molecular weight excluding hydrogens is 467 g/mol. The summed E-state index contributed by atoms with van der Waals surface area (Å²) in [5, 5.41) is 15.0. The largest absolute Gasteiger partial charge is 0.465 e. The number of carbonyl (C=O) groups excluding carboxylic acids is 2. The van der Waals surface area contributed by atoms with Crippen LogP contribution in [0.3, 0.4) is 0 Å². The first-order valence-corrected chi connectivity index (χ1v) is 13.5. The molecule has 35 heavy (non-hydrogen) atoms. The number of thiophene rings is 1. The van der Waals surface area contributed by atoms with Crippen LogP contribution in [-0.2, 0) is 22.4 Å². The topological polar surface area (TPSA) is 78.9 Å². The number of amides is 1. The number of fused-ring (bicyclic) bond motifs is 2. The molecule has 0 spiro atoms. The van der Waals surface area contributed by atoms with Crippen molar-refractivity contribution in [3.8, 4) is 0 Å². The minimum Gasteiger partial charge on any atom is -0.465 e. The minimum atomic E-state index is -0.755. The predicted octanol–water partition coefficient (Wildman–Crippen LogP) is 4.86. The van der Waals surface area contributed by atoms with Crippen molar-refractivity contribution in [2.24, 2.45) is 5.92 Å². The number of benzene rings is 1. The Kier molecular flexibility index (Phi) is 6.97. The van der Waals surface area contributed by atoms with E-state index in [0.29, 0.717) is 23.5 Å². The number of aliphatic hydroxyl groups is 1. The van der Waals surface area contributed by atoms with Crippen LogP contribution < -0.4 is 5.32 Å². The van der Waals surface area contributed by atoms with Crippen LogP contribution in [0.5, 0.6) is 0 Å². The second kappa shape index (κ2) is 9.99. The summed E-state index contributed by atoms with van der Waals surface area (Å²) in [5.74, 6) is -0.913. The number of nitrogens with one attached hydrogen (secondary N) is 1. The zero-order valence-corrected chi connectivity index (χ0v) is 21.0. The molecule has 1 aliphatic heterocycles. The zero-order chi connectivity index (χ0) is 24.6. The fraction of sp³-hybridized carbons (Fsp3) is 0.556. The quantitative estimate of drug-likeness (QED) is 0.574. The van der Waals surface area contributed by atoms with Crippen molar-refractivity contribution in [3.05, 3.63) is 51.7 Å². The summed E-state index contributed by atoms with van der Waals surface area (Å²) in [6.45, 7) is 0.713. The number of rotatable bonds is 5. The van der Waals surface area contributed by atoms with Crippen LogP contribution in [0.15, 0.2) is 24.3 Å². The molecule has 3 atom stereocenters. The van der Waals surface area contributed by atoms with Crippen molar-refractivity contribution >= 4 is 28.2 Å². The van der Waals surface area contributed by atoms with E-state index in [0.717, 1.165) is 67.4 Å². The first-order chi connectivity index (χ1) is 16.9. The molecule has 1 aromatic carbocycles. The van der Waals surface area contributed by atoms with E-state index in [9.17, 15) is 19.1 Å². The van der Waals surface area contributed by atoms with Gasteiger partial charge in [0.25, 0.3) is 0 Å². The molecule has 6 nitrogen and oxygen atoms in total. The summed E-state index contributed by atoms with van der Waals surface area (Å²) in [6.07, 6.45) is 8.14. The van der Waals surface area contributed by atoms with Gasteiger partial charge in [-0.05, 0) is 68.2 Å². The van der Waals surface area contributed by atoms with E-state index in [1.807, 2.05) is 0 Å². The van der Waals surface area contributed by atoms with Gasteiger partial charge in [-0.1, -0.05) is 25.0 Å². The Morgan fingerprint density at radius 1 is 1.17 bits per heavy atom. The number of methoxy groups -OCH3 is 1. The van der Waals surface area contributed by atoms with Crippen LogP contribution in [-0.4, -0.2) is 47.7 Å². The molecule has 0 unspecified atom stereocenters. The number of piperidine rings is 1. The van der Waals surface area contributed by atoms with Crippen molar-refractivity contribution in [2.45, 2.75) is 69.4 Å². The first-order valence-electron chi connectivity index (χ1n) is 12.6. The number of hydrogen-bond donors (Lipinski definition) is 2. The molecule has 2 aliphatic carbocycles. The molecule has 2 aromatic rings. The van der Waals surface area contributed by atoms with Crippen LogP contribution in [0, 0.1) is 11.7 Å². The normalized spacial score (nSPS) is 26.5. The van der Waals surface area contributed by atoms with Crippen LogP contribution in [0.1, 0.15) is 77.3 Å². The number of nitrogens with zero attached hydrogens (tertiary/aromatic N) is 1. The van der Waals surface area contributed by atoms with Crippen molar-refractivity contribution in [2.75, 3.05) is 25.5 Å². The Balaban J connectivity index is 1.40. The number of carbonyl (C=O) groups is 2. The Morgan fingerprint density at radius 3 is 2.71 bits per heavy atom. The van der Waals surface area contributed by atoms with Gasteiger partial charge in [0.2, 0.25) is 5.91 Å². The lowest BCUT2D eigenvalue weighted by Crippen LogP contribution is -2.56. The molecule has 1 amide bonds. The van der Waals surface area contributed by atoms with Gasteiger partial charge in [-0.15, -0.1) is 11.3 Å². The fourth-order valence-electron chi connectivity index (χ4n) is 6.35. The van der Waals surface area contributed by atoms with Crippen LogP contribution in [0.4, 0.5) is 9.39 Å². The van der Waals surface area contributed by atoms with E-state index in [2.05, 4.69) is 10.2 Å². The van der Waals surface area contributed by atoms with Gasteiger partial charge in [-0.2, -0.15) is 0 Å². The second-order valence-electron chi connectivity index (χ2n) is 10.1. The maximum Gasteiger partial charge on any atom is 0.341 e. The van der Waals surface area contributed by atoms with E-state index in [-0.39, 0.29) is 30.2 Å². The molecule has 5 rings (SSSR count). The fourth-order valence-corrected chi connectivity index (χ4v) is 7.64. The molecule has 0 bridgehead atoms. The molecule has 2 N–H and O–H groups in total. The molecule has 2 fully saturated rings. The van der Waals surface area contributed by atoms with E-state index >= 15 is 0 Å². The summed E-state index contributed by atoms with van der Waals surface area (Å²) < 4.78 is 18.7. The minimum absolute atomic E-state index is 0.0112. The van der Waals surface area contributed by atoms with Gasteiger partial charge in [-0.25, -0.2) is 9.18 Å². The summed E-state index contributed by atoms with van der Waals surface area (Å²) in [5.41, 5.74) is 1.68. The zero-order valence-electron chi connectivity index (χ0n) is 20.1. The molecule has 188 valence electrons. The maximum absolute atomic E-state index is 13.7. The van der Waals surface area contributed by atoms with Crippen LogP contribution in [0.2, 0.25) is 0 Å². The van der Waals surface area contributed by atoms with Crippen LogP contribution >= 0.6 is 11.3 Å². The molecule has 1 saturated carbocycles. The number of likely N-dealkylation sites (tertiary alicyclic amines) is 1. The van der Waals surface area contributed by atoms with Crippen molar-refractivity contribution in [1.82, 2.24) is 4.90 Å². The van der Waals surface area contributed by atoms with Gasteiger partial charge in [0.1, 0.15) is 10.8 Å². The number of ether oxygens (including phenoxy) is 1. The van der Waals surface area contributed by atoms with Gasteiger partial charge >= 0.3 is 5.97 Å². The van der Waals surface area contributed by atoms with E-state index < -0.39 is 11.6 Å². The molecule has 3 aliphatic rings. The van der Waals surface area contributed by atoms with Gasteiger partial charge in [0, 0.05) is 23.4 Å². The number of esters is 1.